The number of nitrogens with zero attached hydrogens (tertiary/aromatic N) is 1. The average Bonchev–Trinajstić information content (AvgIpc) is 2.83. The van der Waals surface area contributed by atoms with Gasteiger partial charge in [-0.15, -0.1) is 0 Å². The van der Waals surface area contributed by atoms with Gasteiger partial charge in [0.1, 0.15) is 5.76 Å². The van der Waals surface area contributed by atoms with Crippen molar-refractivity contribution >= 4 is 33.6 Å². The minimum atomic E-state index is -0.264. The van der Waals surface area contributed by atoms with Crippen molar-refractivity contribution in [2.24, 2.45) is 0 Å². The highest BCUT2D eigenvalue weighted by molar-refractivity contribution is 9.10. The van der Waals surface area contributed by atoms with Gasteiger partial charge in [-0.05, 0) is 40.2 Å². The number of ether oxygens (including phenoxy) is 1. The average molecular weight is 323 g/mol. The highest BCUT2D eigenvalue weighted by Gasteiger charge is 2.00. The third-order valence-corrected chi connectivity index (χ3v) is 2.63. The van der Waals surface area contributed by atoms with E-state index in [1.807, 2.05) is 0 Å². The van der Waals surface area contributed by atoms with Gasteiger partial charge in [0.05, 0.1) is 19.0 Å². The smallest absolute Gasteiger partial charge is 0.248 e. The maximum absolute atomic E-state index is 11.6. The molecule has 1 N–H and O–H groups in total. The van der Waals surface area contributed by atoms with Crippen LogP contribution in [0.15, 0.2) is 45.6 Å². The molecular weight excluding hydrogens is 312 g/mol. The Morgan fingerprint density at radius 1 is 1.42 bits per heavy atom. The van der Waals surface area contributed by atoms with Crippen LogP contribution in [0, 0.1) is 0 Å². The van der Waals surface area contributed by atoms with E-state index in [4.69, 9.17) is 9.15 Å². The summed E-state index contributed by atoms with van der Waals surface area (Å²) in [5.41, 5.74) is 0.594. The predicted octanol–water partition coefficient (Wildman–Crippen LogP) is 3.10. The molecule has 5 nitrogen and oxygen atoms in total. The molecule has 2 heterocycles. The van der Waals surface area contributed by atoms with Gasteiger partial charge in [0.15, 0.2) is 4.67 Å². The summed E-state index contributed by atoms with van der Waals surface area (Å²) < 4.78 is 10.8. The lowest BCUT2D eigenvalue weighted by atomic mass is 10.3. The van der Waals surface area contributed by atoms with Crippen LogP contribution in [0.5, 0.6) is 5.88 Å². The molecule has 2 rings (SSSR count). The van der Waals surface area contributed by atoms with Gasteiger partial charge in [0, 0.05) is 12.1 Å². The standard InChI is InChI=1S/C13H11BrN2O3/c1-18-13-7-2-9(8-15-13)16-12(17)6-4-10-3-5-11(14)19-10/h2-8H,1H3,(H,16,17)/b6-4+. The molecule has 0 aromatic carbocycles. The third kappa shape index (κ3) is 3.96. The van der Waals surface area contributed by atoms with E-state index in [0.717, 1.165) is 0 Å². The molecule has 0 unspecified atom stereocenters. The van der Waals surface area contributed by atoms with Gasteiger partial charge in [0.25, 0.3) is 0 Å². The number of carbonyl (C=O) groups is 1. The Hall–Kier alpha value is -2.08. The lowest BCUT2D eigenvalue weighted by molar-refractivity contribution is -0.111. The number of nitrogens with one attached hydrogen (secondary N) is 1. The molecule has 0 aliphatic heterocycles. The molecule has 0 atom stereocenters. The highest BCUT2D eigenvalue weighted by Crippen LogP contribution is 2.15. The number of anilines is 1. The largest absolute Gasteiger partial charge is 0.481 e. The van der Waals surface area contributed by atoms with Gasteiger partial charge in [-0.3, -0.25) is 4.79 Å². The van der Waals surface area contributed by atoms with Crippen LogP contribution in [-0.2, 0) is 4.79 Å². The minimum Gasteiger partial charge on any atom is -0.481 e. The van der Waals surface area contributed by atoms with Crippen molar-refractivity contribution in [1.82, 2.24) is 4.98 Å². The molecule has 19 heavy (non-hydrogen) atoms. The summed E-state index contributed by atoms with van der Waals surface area (Å²) >= 11 is 3.19. The fourth-order valence-electron chi connectivity index (χ4n) is 1.33. The van der Waals surface area contributed by atoms with Gasteiger partial charge < -0.3 is 14.5 Å². The van der Waals surface area contributed by atoms with Crippen molar-refractivity contribution in [2.75, 3.05) is 12.4 Å². The summed E-state index contributed by atoms with van der Waals surface area (Å²) in [6.07, 6.45) is 4.49. The molecule has 2 aromatic rings. The zero-order valence-electron chi connectivity index (χ0n) is 10.1. The topological polar surface area (TPSA) is 64.4 Å². The first-order chi connectivity index (χ1) is 9.17. The van der Waals surface area contributed by atoms with Crippen LogP contribution < -0.4 is 10.1 Å². The zero-order chi connectivity index (χ0) is 13.7. The molecule has 6 heteroatoms. The van der Waals surface area contributed by atoms with Crippen LogP contribution in [0.4, 0.5) is 5.69 Å². The summed E-state index contributed by atoms with van der Waals surface area (Å²) in [5, 5.41) is 2.67. The molecule has 98 valence electrons. The molecule has 1 amide bonds. The van der Waals surface area contributed by atoms with Crippen molar-refractivity contribution in [3.8, 4) is 5.88 Å². The number of amides is 1. The molecule has 0 bridgehead atoms. The predicted molar refractivity (Wildman–Crippen MR) is 74.9 cm³/mol. The van der Waals surface area contributed by atoms with E-state index in [9.17, 15) is 4.79 Å². The molecule has 0 saturated heterocycles. The second kappa shape index (κ2) is 6.19. The first-order valence-electron chi connectivity index (χ1n) is 5.42. The van der Waals surface area contributed by atoms with E-state index in [2.05, 4.69) is 26.2 Å². The highest BCUT2D eigenvalue weighted by atomic mass is 79.9. The molecule has 0 radical (unpaired) electrons. The van der Waals surface area contributed by atoms with Gasteiger partial charge >= 0.3 is 0 Å². The van der Waals surface area contributed by atoms with E-state index in [1.54, 1.807) is 30.3 Å². The Balaban J connectivity index is 1.95. The monoisotopic (exact) mass is 322 g/mol. The molecule has 0 aliphatic carbocycles. The molecule has 0 fully saturated rings. The Morgan fingerprint density at radius 2 is 2.26 bits per heavy atom. The van der Waals surface area contributed by atoms with Crippen LogP contribution in [-0.4, -0.2) is 18.0 Å². The molecule has 2 aromatic heterocycles. The Bertz CT molecular complexity index is 590. The molecule has 0 saturated carbocycles. The number of methoxy groups -OCH3 is 1. The Morgan fingerprint density at radius 3 is 2.84 bits per heavy atom. The van der Waals surface area contributed by atoms with Crippen molar-refractivity contribution in [3.63, 3.8) is 0 Å². The second-order valence-electron chi connectivity index (χ2n) is 3.55. The van der Waals surface area contributed by atoms with Crippen LogP contribution in [0.3, 0.4) is 0 Å². The van der Waals surface area contributed by atoms with Crippen LogP contribution in [0.2, 0.25) is 0 Å². The second-order valence-corrected chi connectivity index (χ2v) is 4.34. The maximum Gasteiger partial charge on any atom is 0.248 e. The first kappa shape index (κ1) is 13.4. The quantitative estimate of drug-likeness (QED) is 0.878. The summed E-state index contributed by atoms with van der Waals surface area (Å²) in [6, 6.07) is 6.89. The zero-order valence-corrected chi connectivity index (χ0v) is 11.7. The summed E-state index contributed by atoms with van der Waals surface area (Å²) in [4.78, 5) is 15.6. The minimum absolute atomic E-state index is 0.264. The number of halogens is 1. The van der Waals surface area contributed by atoms with Gasteiger partial charge in [0.2, 0.25) is 11.8 Å². The number of carbonyl (C=O) groups excluding carboxylic acids is 1. The summed E-state index contributed by atoms with van der Waals surface area (Å²) in [5.74, 6) is 0.823. The van der Waals surface area contributed by atoms with Crippen molar-refractivity contribution in [3.05, 3.63) is 47.0 Å². The van der Waals surface area contributed by atoms with Gasteiger partial charge in [-0.2, -0.15) is 0 Å². The molecular formula is C13H11BrN2O3. The van der Waals surface area contributed by atoms with Crippen molar-refractivity contribution < 1.29 is 13.9 Å². The van der Waals surface area contributed by atoms with Crippen LogP contribution >= 0.6 is 15.9 Å². The van der Waals surface area contributed by atoms with Crippen molar-refractivity contribution in [1.29, 1.82) is 0 Å². The number of aromatic nitrogens is 1. The fraction of sp³-hybridized carbons (Fsp3) is 0.0769. The number of pyridine rings is 1. The number of rotatable bonds is 4. The first-order valence-corrected chi connectivity index (χ1v) is 6.21. The Kier molecular flexibility index (Phi) is 4.35. The lowest BCUT2D eigenvalue weighted by Gasteiger charge is -2.02. The number of furan rings is 1. The van der Waals surface area contributed by atoms with Gasteiger partial charge in [-0.1, -0.05) is 0 Å². The van der Waals surface area contributed by atoms with E-state index in [1.165, 1.54) is 19.4 Å². The Labute approximate surface area is 118 Å². The summed E-state index contributed by atoms with van der Waals surface area (Å²) in [7, 11) is 1.53. The maximum atomic E-state index is 11.6. The SMILES string of the molecule is COc1ccc(NC(=O)/C=C/c2ccc(Br)o2)cn1. The van der Waals surface area contributed by atoms with E-state index >= 15 is 0 Å². The van der Waals surface area contributed by atoms with Crippen LogP contribution in [0.1, 0.15) is 5.76 Å². The number of hydrogen-bond acceptors (Lipinski definition) is 4. The number of hydrogen-bond donors (Lipinski definition) is 1. The van der Waals surface area contributed by atoms with Crippen LogP contribution in [0.25, 0.3) is 6.08 Å². The van der Waals surface area contributed by atoms with E-state index in [-0.39, 0.29) is 5.91 Å². The normalized spacial score (nSPS) is 10.6. The van der Waals surface area contributed by atoms with E-state index in [0.29, 0.717) is 22.0 Å². The third-order valence-electron chi connectivity index (χ3n) is 2.21. The molecule has 0 aliphatic rings. The summed E-state index contributed by atoms with van der Waals surface area (Å²) in [6.45, 7) is 0. The van der Waals surface area contributed by atoms with Crippen molar-refractivity contribution in [2.45, 2.75) is 0 Å². The van der Waals surface area contributed by atoms with Gasteiger partial charge in [-0.25, -0.2) is 4.98 Å². The fourth-order valence-corrected chi connectivity index (χ4v) is 1.65. The van der Waals surface area contributed by atoms with E-state index < -0.39 is 0 Å². The molecule has 0 spiro atoms. The lowest BCUT2D eigenvalue weighted by Crippen LogP contribution is -2.07.